The van der Waals surface area contributed by atoms with Crippen molar-refractivity contribution in [2.45, 2.75) is 31.6 Å². The van der Waals surface area contributed by atoms with Gasteiger partial charge in [0.1, 0.15) is 5.70 Å². The summed E-state index contributed by atoms with van der Waals surface area (Å²) >= 11 is 6.10. The van der Waals surface area contributed by atoms with Crippen molar-refractivity contribution in [1.29, 1.82) is 0 Å². The van der Waals surface area contributed by atoms with E-state index >= 15 is 0 Å². The molecule has 1 unspecified atom stereocenters. The first-order valence-electron chi connectivity index (χ1n) is 13.0. The number of benzene rings is 3. The molecule has 4 N–H and O–H groups in total. The van der Waals surface area contributed by atoms with Crippen molar-refractivity contribution in [3.63, 3.8) is 0 Å². The maximum absolute atomic E-state index is 13.5. The molecule has 9 heteroatoms. The van der Waals surface area contributed by atoms with Gasteiger partial charge in [0, 0.05) is 30.0 Å². The summed E-state index contributed by atoms with van der Waals surface area (Å²) in [6.45, 7) is 4.23. The van der Waals surface area contributed by atoms with Crippen LogP contribution >= 0.6 is 11.6 Å². The molecule has 0 aromatic heterocycles. The van der Waals surface area contributed by atoms with E-state index in [0.29, 0.717) is 22.3 Å². The summed E-state index contributed by atoms with van der Waals surface area (Å²) in [4.78, 5) is 14.9. The van der Waals surface area contributed by atoms with Crippen molar-refractivity contribution >= 4 is 28.9 Å². The lowest BCUT2D eigenvalue weighted by Crippen LogP contribution is -2.29. The molecule has 0 saturated heterocycles. The maximum atomic E-state index is 13.5. The lowest BCUT2D eigenvalue weighted by atomic mass is 9.98. The summed E-state index contributed by atoms with van der Waals surface area (Å²) in [7, 11) is 1.53. The number of halogens is 4. The van der Waals surface area contributed by atoms with Gasteiger partial charge >= 0.3 is 6.18 Å². The molecular formula is C31H32ClF3N4O. The molecule has 1 amide bonds. The van der Waals surface area contributed by atoms with E-state index in [9.17, 15) is 18.0 Å². The number of carbonyl (C=O) groups is 1. The van der Waals surface area contributed by atoms with Gasteiger partial charge in [-0.25, -0.2) is 0 Å². The topological polar surface area (TPSA) is 70.4 Å². The van der Waals surface area contributed by atoms with E-state index in [-0.39, 0.29) is 18.3 Å². The highest BCUT2D eigenvalue weighted by Gasteiger charge is 2.32. The van der Waals surface area contributed by atoms with Gasteiger partial charge in [0.05, 0.1) is 11.6 Å². The van der Waals surface area contributed by atoms with Gasteiger partial charge in [0.2, 0.25) is 0 Å². The van der Waals surface area contributed by atoms with Crippen LogP contribution in [0, 0.1) is 5.92 Å². The van der Waals surface area contributed by atoms with Crippen LogP contribution in [0.3, 0.4) is 0 Å². The number of nitrogens with zero attached hydrogens (tertiary/aromatic N) is 1. The molecule has 1 saturated carbocycles. The lowest BCUT2D eigenvalue weighted by molar-refractivity contribution is -0.112. The molecule has 3 aromatic rings. The monoisotopic (exact) mass is 568 g/mol. The average molecular weight is 569 g/mol. The molecule has 0 heterocycles. The minimum atomic E-state index is -4.69. The Balaban J connectivity index is 1.63. The number of allylic oxidation sites excluding steroid dienone is 2. The predicted molar refractivity (Wildman–Crippen MR) is 155 cm³/mol. The van der Waals surface area contributed by atoms with E-state index in [1.807, 2.05) is 36.4 Å². The van der Waals surface area contributed by atoms with Gasteiger partial charge in [0.25, 0.3) is 5.91 Å². The summed E-state index contributed by atoms with van der Waals surface area (Å²) in [5.41, 5.74) is 8.02. The summed E-state index contributed by atoms with van der Waals surface area (Å²) in [6.07, 6.45) is -1.56. The van der Waals surface area contributed by atoms with E-state index in [1.165, 1.54) is 24.8 Å². The number of nitrogens with one attached hydrogen (secondary N) is 2. The van der Waals surface area contributed by atoms with E-state index in [0.717, 1.165) is 29.3 Å². The number of likely N-dealkylation sites (N-methyl/N-ethyl adjacent to an activating group) is 1. The van der Waals surface area contributed by atoms with E-state index in [1.54, 1.807) is 36.4 Å². The highest BCUT2D eigenvalue weighted by Crippen LogP contribution is 2.32. The Hall–Kier alpha value is -3.59. The van der Waals surface area contributed by atoms with Crippen LogP contribution in [-0.2, 0) is 11.3 Å². The fourth-order valence-electron chi connectivity index (χ4n) is 4.27. The molecule has 0 spiro atoms. The van der Waals surface area contributed by atoms with Crippen molar-refractivity contribution in [3.8, 4) is 0 Å². The van der Waals surface area contributed by atoms with Crippen LogP contribution in [0.5, 0.6) is 0 Å². The molecule has 40 heavy (non-hydrogen) atoms. The van der Waals surface area contributed by atoms with E-state index in [2.05, 4.69) is 17.2 Å². The SMILES string of the molecule is C=C(/C=C(/C(=O)Nc1cccc(C(NCC2CC2)c2ccc(Cl)cc2)c1)N(C)c1cccc(CN)c1)C(F)(F)F. The van der Waals surface area contributed by atoms with E-state index < -0.39 is 17.7 Å². The largest absolute Gasteiger partial charge is 0.415 e. The molecule has 1 aliphatic rings. The Kier molecular flexibility index (Phi) is 9.35. The Bertz CT molecular complexity index is 1380. The number of alkyl halides is 3. The van der Waals surface area contributed by atoms with Crippen LogP contribution in [0.2, 0.25) is 5.02 Å². The van der Waals surface area contributed by atoms with Gasteiger partial charge < -0.3 is 21.3 Å². The molecule has 0 bridgehead atoms. The third kappa shape index (κ3) is 7.75. The van der Waals surface area contributed by atoms with Crippen molar-refractivity contribution < 1.29 is 18.0 Å². The van der Waals surface area contributed by atoms with Gasteiger partial charge in [-0.15, -0.1) is 0 Å². The van der Waals surface area contributed by atoms with Gasteiger partial charge in [-0.1, -0.05) is 54.6 Å². The van der Waals surface area contributed by atoms with Crippen molar-refractivity contribution in [3.05, 3.63) is 118 Å². The summed E-state index contributed by atoms with van der Waals surface area (Å²) in [6, 6.07) is 21.6. The molecule has 0 radical (unpaired) electrons. The second-order valence-corrected chi connectivity index (χ2v) is 10.3. The maximum Gasteiger partial charge on any atom is 0.415 e. The summed E-state index contributed by atoms with van der Waals surface area (Å²) in [5, 5.41) is 7.02. The minimum absolute atomic E-state index is 0.156. The minimum Gasteiger partial charge on any atom is -0.340 e. The molecule has 1 fully saturated rings. The fraction of sp³-hybridized carbons (Fsp3) is 0.258. The van der Waals surface area contributed by atoms with Crippen molar-refractivity contribution in [2.75, 3.05) is 23.8 Å². The molecule has 1 aliphatic carbocycles. The Labute approximate surface area is 237 Å². The van der Waals surface area contributed by atoms with Crippen molar-refractivity contribution in [2.24, 2.45) is 11.7 Å². The molecule has 5 nitrogen and oxygen atoms in total. The standard InChI is InChI=1S/C31H32ClF3N4O/c1-20(31(33,34)35)15-28(39(2)27-8-3-5-22(16-27)18-36)30(40)38-26-7-4-6-24(17-26)29(37-19-21-9-10-21)23-11-13-25(32)14-12-23/h3-8,11-17,21,29,37H,1,9-10,18-19,36H2,2H3,(H,38,40)/b28-15-. The molecule has 3 aromatic carbocycles. The third-order valence-electron chi connectivity index (χ3n) is 6.79. The number of amides is 1. The van der Waals surface area contributed by atoms with Gasteiger partial charge in [-0.2, -0.15) is 13.2 Å². The predicted octanol–water partition coefficient (Wildman–Crippen LogP) is 6.97. The number of rotatable bonds is 11. The first-order valence-corrected chi connectivity index (χ1v) is 13.3. The van der Waals surface area contributed by atoms with Crippen LogP contribution in [-0.4, -0.2) is 25.7 Å². The normalized spacial score (nSPS) is 14.5. The average Bonchev–Trinajstić information content (AvgIpc) is 3.76. The second-order valence-electron chi connectivity index (χ2n) is 9.90. The zero-order valence-electron chi connectivity index (χ0n) is 22.1. The third-order valence-corrected chi connectivity index (χ3v) is 7.04. The molecular weight excluding hydrogens is 537 g/mol. The number of anilines is 2. The zero-order valence-corrected chi connectivity index (χ0v) is 22.9. The van der Waals surface area contributed by atoms with Crippen LogP contribution < -0.4 is 21.3 Å². The fourth-order valence-corrected chi connectivity index (χ4v) is 4.40. The van der Waals surface area contributed by atoms with Gasteiger partial charge in [0.15, 0.2) is 0 Å². The number of hydrogen-bond acceptors (Lipinski definition) is 4. The van der Waals surface area contributed by atoms with Crippen LogP contribution in [0.25, 0.3) is 0 Å². The summed E-state index contributed by atoms with van der Waals surface area (Å²) in [5.74, 6) is -0.0717. The Morgan fingerprint density at radius 3 is 2.45 bits per heavy atom. The van der Waals surface area contributed by atoms with Crippen LogP contribution in [0.15, 0.2) is 96.7 Å². The van der Waals surface area contributed by atoms with Crippen LogP contribution in [0.4, 0.5) is 24.5 Å². The van der Waals surface area contributed by atoms with E-state index in [4.69, 9.17) is 17.3 Å². The molecule has 4 rings (SSSR count). The van der Waals surface area contributed by atoms with Crippen molar-refractivity contribution in [1.82, 2.24) is 5.32 Å². The molecule has 210 valence electrons. The Morgan fingerprint density at radius 2 is 1.80 bits per heavy atom. The number of nitrogens with two attached hydrogens (primary N) is 1. The number of carbonyl (C=O) groups excluding carboxylic acids is 1. The zero-order chi connectivity index (χ0) is 28.9. The smallest absolute Gasteiger partial charge is 0.340 e. The van der Waals surface area contributed by atoms with Gasteiger partial charge in [-0.3, -0.25) is 4.79 Å². The van der Waals surface area contributed by atoms with Gasteiger partial charge in [-0.05, 0) is 84.5 Å². The second kappa shape index (κ2) is 12.7. The Morgan fingerprint density at radius 1 is 1.10 bits per heavy atom. The highest BCUT2D eigenvalue weighted by molar-refractivity contribution is 6.30. The first kappa shape index (κ1) is 29.4. The lowest BCUT2D eigenvalue weighted by Gasteiger charge is -2.24. The quantitative estimate of drug-likeness (QED) is 0.173. The summed E-state index contributed by atoms with van der Waals surface area (Å²) < 4.78 is 40.3. The highest BCUT2D eigenvalue weighted by atomic mass is 35.5. The first-order chi connectivity index (χ1) is 19.0. The van der Waals surface area contributed by atoms with Crippen LogP contribution in [0.1, 0.15) is 35.6 Å². The molecule has 0 aliphatic heterocycles. The molecule has 1 atom stereocenters. The number of hydrogen-bond donors (Lipinski definition) is 3.